The highest BCUT2D eigenvalue weighted by Gasteiger charge is 2.19. The maximum Gasteiger partial charge on any atom is 0.272 e. The minimum atomic E-state index is -0.354. The number of carbonyl (C=O) groups is 1. The largest absolute Gasteiger partial charge is 0.497 e. The third-order valence-corrected chi connectivity index (χ3v) is 4.39. The van der Waals surface area contributed by atoms with Crippen LogP contribution in [-0.2, 0) is 6.54 Å². The molecule has 0 aliphatic rings. The van der Waals surface area contributed by atoms with E-state index in [9.17, 15) is 9.59 Å². The van der Waals surface area contributed by atoms with E-state index in [0.717, 1.165) is 23.3 Å². The van der Waals surface area contributed by atoms with E-state index in [1.54, 1.807) is 7.11 Å². The molecule has 0 aliphatic carbocycles. The molecule has 6 nitrogen and oxygen atoms in total. The van der Waals surface area contributed by atoms with Crippen molar-refractivity contribution in [2.24, 2.45) is 0 Å². The molecule has 3 rings (SSSR count). The Balaban J connectivity index is 1.92. The monoisotopic (exact) mass is 377 g/mol. The van der Waals surface area contributed by atoms with Gasteiger partial charge in [0.05, 0.1) is 13.2 Å². The molecule has 28 heavy (non-hydrogen) atoms. The van der Waals surface area contributed by atoms with E-state index in [2.05, 4.69) is 10.4 Å². The molecule has 144 valence electrons. The van der Waals surface area contributed by atoms with E-state index in [1.165, 1.54) is 16.8 Å². The predicted octanol–water partition coefficient (Wildman–Crippen LogP) is 3.18. The smallest absolute Gasteiger partial charge is 0.272 e. The van der Waals surface area contributed by atoms with Crippen LogP contribution in [0.3, 0.4) is 0 Å². The molecule has 0 aliphatic heterocycles. The van der Waals surface area contributed by atoms with Crippen molar-refractivity contribution in [1.82, 2.24) is 15.1 Å². The number of methoxy groups -OCH3 is 1. The first-order chi connectivity index (χ1) is 13.6. The third-order valence-electron chi connectivity index (χ3n) is 4.39. The van der Waals surface area contributed by atoms with E-state index in [0.29, 0.717) is 6.54 Å². The van der Waals surface area contributed by atoms with Gasteiger partial charge in [0, 0.05) is 12.6 Å². The molecule has 0 saturated heterocycles. The minimum absolute atomic E-state index is 0.211. The predicted molar refractivity (Wildman–Crippen MR) is 108 cm³/mol. The van der Waals surface area contributed by atoms with Gasteiger partial charge < -0.3 is 10.1 Å². The summed E-state index contributed by atoms with van der Waals surface area (Å²) >= 11 is 0. The second kappa shape index (κ2) is 8.99. The highest BCUT2D eigenvalue weighted by Crippen LogP contribution is 2.24. The molecule has 1 heterocycles. The summed E-state index contributed by atoms with van der Waals surface area (Å²) in [5.41, 5.74) is 1.86. The summed E-state index contributed by atoms with van der Waals surface area (Å²) < 4.78 is 6.54. The summed E-state index contributed by atoms with van der Waals surface area (Å²) in [4.78, 5) is 24.7. The third kappa shape index (κ3) is 4.46. The molecule has 1 unspecified atom stereocenters. The van der Waals surface area contributed by atoms with Gasteiger partial charge in [-0.1, -0.05) is 49.4 Å². The average Bonchev–Trinajstić information content (AvgIpc) is 2.74. The quantitative estimate of drug-likeness (QED) is 0.686. The summed E-state index contributed by atoms with van der Waals surface area (Å²) in [5, 5.41) is 7.24. The van der Waals surface area contributed by atoms with Gasteiger partial charge in [-0.25, -0.2) is 4.68 Å². The number of aryl methyl sites for hydroxylation is 1. The number of carbonyl (C=O) groups excluding carboxylic acids is 1. The van der Waals surface area contributed by atoms with Crippen LogP contribution in [0.1, 0.15) is 41.0 Å². The van der Waals surface area contributed by atoms with Crippen molar-refractivity contribution in [2.75, 3.05) is 7.11 Å². The molecule has 0 saturated carbocycles. The maximum absolute atomic E-state index is 12.9. The fourth-order valence-corrected chi connectivity index (χ4v) is 2.95. The zero-order chi connectivity index (χ0) is 19.9. The standard InChI is InChI=1S/C22H23N3O3/c1-3-15-25-20(26)14-13-19(24-25)22(27)23-21(16-7-5-4-6-8-16)17-9-11-18(28-2)12-10-17/h4-14,21H,3,15H2,1-2H3,(H,23,27). The van der Waals surface area contributed by atoms with Crippen molar-refractivity contribution in [3.05, 3.63) is 93.9 Å². The number of hydrogen-bond acceptors (Lipinski definition) is 4. The number of nitrogens with zero attached hydrogens (tertiary/aromatic N) is 2. The van der Waals surface area contributed by atoms with Gasteiger partial charge in [-0.05, 0) is 35.7 Å². The number of hydrogen-bond donors (Lipinski definition) is 1. The lowest BCUT2D eigenvalue weighted by Gasteiger charge is -2.20. The van der Waals surface area contributed by atoms with E-state index in [-0.39, 0.29) is 23.2 Å². The van der Waals surface area contributed by atoms with Crippen molar-refractivity contribution in [3.63, 3.8) is 0 Å². The molecule has 1 N–H and O–H groups in total. The van der Waals surface area contributed by atoms with E-state index in [4.69, 9.17) is 4.74 Å². The van der Waals surface area contributed by atoms with Gasteiger partial charge in [-0.15, -0.1) is 0 Å². The van der Waals surface area contributed by atoms with Gasteiger partial charge in [0.15, 0.2) is 0 Å². The van der Waals surface area contributed by atoms with Crippen LogP contribution in [0.5, 0.6) is 5.75 Å². The maximum atomic E-state index is 12.9. The highest BCUT2D eigenvalue weighted by molar-refractivity contribution is 5.92. The van der Waals surface area contributed by atoms with Crippen molar-refractivity contribution in [1.29, 1.82) is 0 Å². The zero-order valence-electron chi connectivity index (χ0n) is 16.0. The Morgan fingerprint density at radius 2 is 1.71 bits per heavy atom. The molecule has 1 atom stereocenters. The van der Waals surface area contributed by atoms with Crippen LogP contribution < -0.4 is 15.6 Å². The average molecular weight is 377 g/mol. The number of nitrogens with one attached hydrogen (secondary N) is 1. The number of rotatable bonds is 7. The molecule has 0 spiro atoms. The fraction of sp³-hybridized carbons (Fsp3) is 0.227. The molecule has 6 heteroatoms. The number of aromatic nitrogens is 2. The molecule has 0 fully saturated rings. The Morgan fingerprint density at radius 3 is 2.36 bits per heavy atom. The lowest BCUT2D eigenvalue weighted by Crippen LogP contribution is -2.32. The van der Waals surface area contributed by atoms with E-state index >= 15 is 0 Å². The van der Waals surface area contributed by atoms with Gasteiger partial charge in [-0.3, -0.25) is 9.59 Å². The molecule has 3 aromatic rings. The van der Waals surface area contributed by atoms with Crippen molar-refractivity contribution >= 4 is 5.91 Å². The van der Waals surface area contributed by atoms with Crippen LogP contribution in [0.25, 0.3) is 0 Å². The van der Waals surface area contributed by atoms with Gasteiger partial charge in [0.25, 0.3) is 11.5 Å². The number of amides is 1. The lowest BCUT2D eigenvalue weighted by atomic mass is 9.98. The molecule has 1 amide bonds. The van der Waals surface area contributed by atoms with E-state index < -0.39 is 0 Å². The first-order valence-corrected chi connectivity index (χ1v) is 9.20. The van der Waals surface area contributed by atoms with Crippen LogP contribution in [0.2, 0.25) is 0 Å². The van der Waals surface area contributed by atoms with Crippen LogP contribution in [0.15, 0.2) is 71.5 Å². The van der Waals surface area contributed by atoms with Crippen LogP contribution in [0.4, 0.5) is 0 Å². The Labute approximate surface area is 163 Å². The summed E-state index contributed by atoms with van der Waals surface area (Å²) in [5.74, 6) is 0.407. The molecule has 0 radical (unpaired) electrons. The first-order valence-electron chi connectivity index (χ1n) is 9.20. The fourth-order valence-electron chi connectivity index (χ4n) is 2.95. The summed E-state index contributed by atoms with van der Waals surface area (Å²) in [7, 11) is 1.61. The van der Waals surface area contributed by atoms with E-state index in [1.807, 2.05) is 61.5 Å². The van der Waals surface area contributed by atoms with Crippen LogP contribution >= 0.6 is 0 Å². The van der Waals surface area contributed by atoms with Gasteiger partial charge >= 0.3 is 0 Å². The second-order valence-electron chi connectivity index (χ2n) is 6.37. The zero-order valence-corrected chi connectivity index (χ0v) is 16.0. The molecular formula is C22H23N3O3. The van der Waals surface area contributed by atoms with Crippen molar-refractivity contribution < 1.29 is 9.53 Å². The minimum Gasteiger partial charge on any atom is -0.497 e. The Morgan fingerprint density at radius 1 is 1.04 bits per heavy atom. The Kier molecular flexibility index (Phi) is 6.22. The number of ether oxygens (including phenoxy) is 1. The highest BCUT2D eigenvalue weighted by atomic mass is 16.5. The summed E-state index contributed by atoms with van der Waals surface area (Å²) in [6, 6.07) is 19.7. The SMILES string of the molecule is CCCn1nc(C(=O)NC(c2ccccc2)c2ccc(OC)cc2)ccc1=O. The topological polar surface area (TPSA) is 73.2 Å². The van der Waals surface area contributed by atoms with Gasteiger partial charge in [0.1, 0.15) is 11.4 Å². The van der Waals surface area contributed by atoms with Gasteiger partial charge in [-0.2, -0.15) is 5.10 Å². The first kappa shape index (κ1) is 19.4. The molecule has 0 bridgehead atoms. The van der Waals surface area contributed by atoms with Crippen LogP contribution in [-0.4, -0.2) is 22.8 Å². The van der Waals surface area contributed by atoms with Crippen LogP contribution in [0, 0.1) is 0 Å². The molecule has 1 aromatic heterocycles. The number of benzene rings is 2. The van der Waals surface area contributed by atoms with Gasteiger partial charge in [0.2, 0.25) is 0 Å². The Hall–Kier alpha value is -3.41. The second-order valence-corrected chi connectivity index (χ2v) is 6.37. The summed E-state index contributed by atoms with van der Waals surface area (Å²) in [6.07, 6.45) is 0.760. The van der Waals surface area contributed by atoms with Crippen molar-refractivity contribution in [3.8, 4) is 5.75 Å². The molecular weight excluding hydrogens is 354 g/mol. The lowest BCUT2D eigenvalue weighted by molar-refractivity contribution is 0.0935. The summed E-state index contributed by atoms with van der Waals surface area (Å²) in [6.45, 7) is 2.43. The van der Waals surface area contributed by atoms with Crippen molar-refractivity contribution in [2.45, 2.75) is 25.9 Å². The normalized spacial score (nSPS) is 11.6. The molecule has 2 aromatic carbocycles. The Bertz CT molecular complexity index is 982.